The van der Waals surface area contributed by atoms with Gasteiger partial charge in [0.05, 0.1) is 12.2 Å². The summed E-state index contributed by atoms with van der Waals surface area (Å²) in [5.74, 6) is 3.07. The van der Waals surface area contributed by atoms with Crippen LogP contribution in [0.2, 0.25) is 0 Å². The molecule has 1 aromatic carbocycles. The van der Waals surface area contributed by atoms with Crippen LogP contribution < -0.4 is 4.74 Å². The molecule has 1 fully saturated rings. The molecule has 0 spiro atoms. The quantitative estimate of drug-likeness (QED) is 0.586. The second kappa shape index (κ2) is 6.81. The highest BCUT2D eigenvalue weighted by Crippen LogP contribution is 2.29. The van der Waals surface area contributed by atoms with Gasteiger partial charge >= 0.3 is 0 Å². The second-order valence-electron chi connectivity index (χ2n) is 4.26. The number of thioether (sulfide) groups is 1. The van der Waals surface area contributed by atoms with Crippen LogP contribution in [0, 0.1) is 5.92 Å². The Morgan fingerprint density at radius 2 is 2.22 bits per heavy atom. The van der Waals surface area contributed by atoms with Gasteiger partial charge in [-0.3, -0.25) is 4.79 Å². The highest BCUT2D eigenvalue weighted by molar-refractivity contribution is 7.99. The maximum atomic E-state index is 12.4. The molecule has 1 saturated heterocycles. The molecule has 3 nitrogen and oxygen atoms in total. The number of carbonyl (C=O) groups excluding carboxylic acids is 1. The molecule has 0 saturated carbocycles. The molecule has 2 rings (SSSR count). The average Bonchev–Trinajstić information content (AvgIpc) is 2.93. The summed E-state index contributed by atoms with van der Waals surface area (Å²) in [5.41, 5.74) is 0.709. The minimum absolute atomic E-state index is 0.155. The van der Waals surface area contributed by atoms with E-state index in [-0.39, 0.29) is 11.7 Å². The molecule has 1 heterocycles. The number of methoxy groups -OCH3 is 1. The zero-order chi connectivity index (χ0) is 12.8. The van der Waals surface area contributed by atoms with E-state index in [1.54, 1.807) is 7.11 Å². The third kappa shape index (κ3) is 3.27. The van der Waals surface area contributed by atoms with Gasteiger partial charge in [0.15, 0.2) is 5.78 Å². The number of hydrogen-bond acceptors (Lipinski definition) is 4. The van der Waals surface area contributed by atoms with Gasteiger partial charge in [-0.2, -0.15) is 11.8 Å². The highest BCUT2D eigenvalue weighted by atomic mass is 32.2. The van der Waals surface area contributed by atoms with Gasteiger partial charge in [-0.25, -0.2) is 0 Å². The van der Waals surface area contributed by atoms with Crippen LogP contribution in [0.25, 0.3) is 0 Å². The van der Waals surface area contributed by atoms with E-state index >= 15 is 0 Å². The average molecular weight is 266 g/mol. The molecular formula is C14H18O3S. The summed E-state index contributed by atoms with van der Waals surface area (Å²) in [6, 6.07) is 7.49. The van der Waals surface area contributed by atoms with Crippen molar-refractivity contribution in [1.82, 2.24) is 0 Å². The molecule has 1 aliphatic heterocycles. The molecule has 4 heteroatoms. The van der Waals surface area contributed by atoms with Crippen molar-refractivity contribution in [1.29, 1.82) is 0 Å². The molecule has 0 amide bonds. The first-order valence-electron chi connectivity index (χ1n) is 6.15. The summed E-state index contributed by atoms with van der Waals surface area (Å²) in [4.78, 5) is 12.4. The number of carbonyl (C=O) groups is 1. The molecule has 0 N–H and O–H groups in total. The van der Waals surface area contributed by atoms with Gasteiger partial charge in [0.2, 0.25) is 0 Å². The second-order valence-corrected chi connectivity index (χ2v) is 5.41. The number of ketones is 1. The van der Waals surface area contributed by atoms with Crippen LogP contribution in [0.4, 0.5) is 0 Å². The summed E-state index contributed by atoms with van der Waals surface area (Å²) in [7, 11) is 1.64. The van der Waals surface area contributed by atoms with Gasteiger partial charge in [-0.1, -0.05) is 12.1 Å². The highest BCUT2D eigenvalue weighted by Gasteiger charge is 2.26. The van der Waals surface area contributed by atoms with Gasteiger partial charge in [-0.15, -0.1) is 0 Å². The van der Waals surface area contributed by atoms with Gasteiger partial charge < -0.3 is 9.47 Å². The normalized spacial score (nSPS) is 18.8. The predicted molar refractivity (Wildman–Crippen MR) is 73.6 cm³/mol. The molecule has 1 atom stereocenters. The van der Waals surface area contributed by atoms with Crippen molar-refractivity contribution in [2.24, 2.45) is 5.92 Å². The number of benzene rings is 1. The van der Waals surface area contributed by atoms with Crippen LogP contribution in [0.3, 0.4) is 0 Å². The standard InChI is InChI=1S/C14H18O3S/c1-16-7-8-17-13-5-3-2-4-12(13)14(15)11-6-9-18-10-11/h2-5,11H,6-10H2,1H3. The first-order chi connectivity index (χ1) is 8.83. The number of para-hydroxylation sites is 1. The number of Topliss-reactive ketones (excluding diaryl/α,β-unsaturated/α-hetero) is 1. The SMILES string of the molecule is COCCOc1ccccc1C(=O)C1CCSC1. The lowest BCUT2D eigenvalue weighted by atomic mass is 9.96. The van der Waals surface area contributed by atoms with E-state index in [1.165, 1.54) is 0 Å². The van der Waals surface area contributed by atoms with E-state index in [0.717, 1.165) is 17.9 Å². The molecule has 0 aliphatic carbocycles. The van der Waals surface area contributed by atoms with Gasteiger partial charge in [0.25, 0.3) is 0 Å². The lowest BCUT2D eigenvalue weighted by Gasteiger charge is -2.13. The molecule has 98 valence electrons. The summed E-state index contributed by atoms with van der Waals surface area (Å²) in [6.07, 6.45) is 0.982. The Labute approximate surface area is 112 Å². The van der Waals surface area contributed by atoms with Gasteiger partial charge in [0.1, 0.15) is 12.4 Å². The zero-order valence-corrected chi connectivity index (χ0v) is 11.4. The van der Waals surface area contributed by atoms with Crippen molar-refractivity contribution in [3.8, 4) is 5.75 Å². The Kier molecular flexibility index (Phi) is 5.08. The lowest BCUT2D eigenvalue weighted by molar-refractivity contribution is 0.0926. The fraction of sp³-hybridized carbons (Fsp3) is 0.500. The van der Waals surface area contributed by atoms with Crippen LogP contribution in [0.5, 0.6) is 5.75 Å². The first-order valence-corrected chi connectivity index (χ1v) is 7.31. The van der Waals surface area contributed by atoms with E-state index in [2.05, 4.69) is 0 Å². The maximum absolute atomic E-state index is 12.4. The molecule has 1 aliphatic rings. The number of rotatable bonds is 6. The first kappa shape index (κ1) is 13.4. The number of hydrogen-bond donors (Lipinski definition) is 0. The van der Waals surface area contributed by atoms with Gasteiger partial charge in [0, 0.05) is 18.8 Å². The molecule has 0 radical (unpaired) electrons. The van der Waals surface area contributed by atoms with E-state index in [9.17, 15) is 4.79 Å². The summed E-state index contributed by atoms with van der Waals surface area (Å²) in [5, 5.41) is 0. The van der Waals surface area contributed by atoms with Crippen LogP contribution in [0.15, 0.2) is 24.3 Å². The topological polar surface area (TPSA) is 35.5 Å². The Morgan fingerprint density at radius 3 is 2.94 bits per heavy atom. The largest absolute Gasteiger partial charge is 0.490 e. The summed E-state index contributed by atoms with van der Waals surface area (Å²) < 4.78 is 10.6. The van der Waals surface area contributed by atoms with Crippen LogP contribution in [-0.4, -0.2) is 37.6 Å². The van der Waals surface area contributed by atoms with E-state index in [1.807, 2.05) is 36.0 Å². The summed E-state index contributed by atoms with van der Waals surface area (Å²) >= 11 is 1.85. The van der Waals surface area contributed by atoms with Crippen molar-refractivity contribution >= 4 is 17.5 Å². The fourth-order valence-electron chi connectivity index (χ4n) is 1.99. The minimum atomic E-state index is 0.155. The zero-order valence-electron chi connectivity index (χ0n) is 10.6. The van der Waals surface area contributed by atoms with Crippen molar-refractivity contribution < 1.29 is 14.3 Å². The smallest absolute Gasteiger partial charge is 0.170 e. The fourth-order valence-corrected chi connectivity index (χ4v) is 3.21. The lowest BCUT2D eigenvalue weighted by Crippen LogP contribution is -2.16. The molecule has 0 bridgehead atoms. The van der Waals surface area contributed by atoms with Gasteiger partial charge in [-0.05, 0) is 24.3 Å². The number of ether oxygens (including phenoxy) is 2. The molecule has 0 aromatic heterocycles. The monoisotopic (exact) mass is 266 g/mol. The molecule has 1 aromatic rings. The van der Waals surface area contributed by atoms with Crippen LogP contribution >= 0.6 is 11.8 Å². The third-order valence-corrected chi connectivity index (χ3v) is 4.16. The van der Waals surface area contributed by atoms with Crippen LogP contribution in [-0.2, 0) is 4.74 Å². The Balaban J connectivity index is 2.08. The predicted octanol–water partition coefficient (Wildman–Crippen LogP) is 2.65. The Morgan fingerprint density at radius 1 is 1.39 bits per heavy atom. The summed E-state index contributed by atoms with van der Waals surface area (Å²) in [6.45, 7) is 1.00. The van der Waals surface area contributed by atoms with Crippen molar-refractivity contribution in [3.63, 3.8) is 0 Å². The Hall–Kier alpha value is -1.000. The molecule has 18 heavy (non-hydrogen) atoms. The van der Waals surface area contributed by atoms with Crippen molar-refractivity contribution in [3.05, 3.63) is 29.8 Å². The maximum Gasteiger partial charge on any atom is 0.170 e. The molecule has 1 unspecified atom stereocenters. The third-order valence-electron chi connectivity index (χ3n) is 3.00. The van der Waals surface area contributed by atoms with Crippen molar-refractivity contribution in [2.75, 3.05) is 31.8 Å². The molecular weight excluding hydrogens is 248 g/mol. The van der Waals surface area contributed by atoms with Crippen LogP contribution in [0.1, 0.15) is 16.8 Å². The minimum Gasteiger partial charge on any atom is -0.490 e. The van der Waals surface area contributed by atoms with E-state index in [4.69, 9.17) is 9.47 Å². The van der Waals surface area contributed by atoms with E-state index in [0.29, 0.717) is 24.5 Å². The Bertz CT molecular complexity index is 400. The van der Waals surface area contributed by atoms with E-state index < -0.39 is 0 Å². The van der Waals surface area contributed by atoms with Crippen molar-refractivity contribution in [2.45, 2.75) is 6.42 Å².